The highest BCUT2D eigenvalue weighted by molar-refractivity contribution is 6.07. The Morgan fingerprint density at radius 2 is 1.94 bits per heavy atom. The number of benzene rings is 2. The number of hydrogen-bond acceptors (Lipinski definition) is 9. The summed E-state index contributed by atoms with van der Waals surface area (Å²) in [6.07, 6.45) is 0.665. The normalized spacial score (nSPS) is 14.3. The number of aromatic nitrogens is 2. The van der Waals surface area contributed by atoms with Gasteiger partial charge in [0.1, 0.15) is 0 Å². The van der Waals surface area contributed by atoms with Gasteiger partial charge in [0.25, 0.3) is 5.91 Å². The minimum atomic E-state index is -0.815. The van der Waals surface area contributed by atoms with Gasteiger partial charge in [-0.1, -0.05) is 12.1 Å². The van der Waals surface area contributed by atoms with E-state index in [0.29, 0.717) is 34.0 Å². The number of aliphatic hydroxyl groups excluding tert-OH is 1. The molecule has 1 aliphatic rings. The van der Waals surface area contributed by atoms with Crippen molar-refractivity contribution >= 4 is 23.1 Å². The molecule has 3 aromatic rings. The van der Waals surface area contributed by atoms with Crippen molar-refractivity contribution in [1.29, 1.82) is 0 Å². The number of nitrogens with two attached hydrogens (primary N) is 1. The molecular formula is C25H30N6O4. The number of methoxy groups -OCH3 is 2. The SMILES string of the molecule is COc1cc(-c2cnc(N)c(C(=O)Nc3ccccc3N3CCNCC3)n2)cc(C(C)O)c1OC. The second-order valence-corrected chi connectivity index (χ2v) is 8.17. The standard InChI is InChI=1S/C25H30N6O4/c1-15(32)17-12-16(13-21(34-2)23(17)35-3)19-14-28-24(26)22(29-19)25(33)30-18-6-4-5-7-20(18)31-10-8-27-9-11-31/h4-7,12-15,27,32H,8-11H2,1-3H3,(H2,26,28)(H,30,33). The third-order valence-electron chi connectivity index (χ3n) is 5.88. The fraction of sp³-hybridized carbons (Fsp3) is 0.320. The maximum Gasteiger partial charge on any atom is 0.278 e. The van der Waals surface area contributed by atoms with Crippen LogP contribution in [0.1, 0.15) is 29.1 Å². The average Bonchev–Trinajstić information content (AvgIpc) is 2.88. The number of aliphatic hydroxyl groups is 1. The smallest absolute Gasteiger partial charge is 0.278 e. The Morgan fingerprint density at radius 1 is 1.20 bits per heavy atom. The van der Waals surface area contributed by atoms with E-state index >= 15 is 0 Å². The minimum absolute atomic E-state index is 0.00555. The molecule has 35 heavy (non-hydrogen) atoms. The number of carbonyl (C=O) groups excluding carboxylic acids is 1. The van der Waals surface area contributed by atoms with E-state index in [9.17, 15) is 9.90 Å². The number of piperazine rings is 1. The summed E-state index contributed by atoms with van der Waals surface area (Å²) in [5.74, 6) is 0.408. The Kier molecular flexibility index (Phi) is 7.33. The van der Waals surface area contributed by atoms with Crippen molar-refractivity contribution in [2.24, 2.45) is 0 Å². The van der Waals surface area contributed by atoms with E-state index in [1.54, 1.807) is 19.1 Å². The molecule has 2 heterocycles. The Labute approximate surface area is 204 Å². The van der Waals surface area contributed by atoms with E-state index in [4.69, 9.17) is 15.2 Å². The van der Waals surface area contributed by atoms with E-state index in [1.165, 1.54) is 20.4 Å². The van der Waals surface area contributed by atoms with Gasteiger partial charge in [-0.2, -0.15) is 0 Å². The zero-order valence-corrected chi connectivity index (χ0v) is 20.0. The predicted octanol–water partition coefficient (Wildman–Crippen LogP) is 2.46. The summed E-state index contributed by atoms with van der Waals surface area (Å²) in [5.41, 5.74) is 9.19. The van der Waals surface area contributed by atoms with Crippen LogP contribution in [-0.4, -0.2) is 61.4 Å². The Bertz CT molecular complexity index is 1210. The molecule has 10 heteroatoms. The summed E-state index contributed by atoms with van der Waals surface area (Å²) in [6.45, 7) is 5.07. The van der Waals surface area contributed by atoms with Crippen molar-refractivity contribution in [3.8, 4) is 22.8 Å². The predicted molar refractivity (Wildman–Crippen MR) is 135 cm³/mol. The van der Waals surface area contributed by atoms with Crippen LogP contribution < -0.4 is 30.7 Å². The van der Waals surface area contributed by atoms with Gasteiger partial charge in [-0.05, 0) is 31.2 Å². The highest BCUT2D eigenvalue weighted by atomic mass is 16.5. The number of nitrogens with zero attached hydrogens (tertiary/aromatic N) is 3. The van der Waals surface area contributed by atoms with E-state index < -0.39 is 12.0 Å². The zero-order chi connectivity index (χ0) is 24.9. The minimum Gasteiger partial charge on any atom is -0.493 e. The number of amides is 1. The first-order valence-corrected chi connectivity index (χ1v) is 11.4. The molecule has 1 aromatic heterocycles. The molecule has 1 saturated heterocycles. The number of anilines is 3. The van der Waals surface area contributed by atoms with Crippen molar-refractivity contribution in [2.45, 2.75) is 13.0 Å². The zero-order valence-electron chi connectivity index (χ0n) is 20.0. The van der Waals surface area contributed by atoms with Gasteiger partial charge in [0.2, 0.25) is 0 Å². The van der Waals surface area contributed by atoms with Crippen LogP contribution >= 0.6 is 0 Å². The maximum absolute atomic E-state index is 13.2. The molecule has 1 aliphatic heterocycles. The van der Waals surface area contributed by atoms with Crippen LogP contribution in [0.5, 0.6) is 11.5 Å². The highest BCUT2D eigenvalue weighted by Crippen LogP contribution is 2.39. The van der Waals surface area contributed by atoms with E-state index in [0.717, 1.165) is 31.9 Å². The van der Waals surface area contributed by atoms with Gasteiger partial charge in [-0.15, -0.1) is 0 Å². The summed E-state index contributed by atoms with van der Waals surface area (Å²) in [7, 11) is 3.02. The van der Waals surface area contributed by atoms with E-state index in [1.807, 2.05) is 24.3 Å². The molecule has 1 unspecified atom stereocenters. The van der Waals surface area contributed by atoms with Crippen molar-refractivity contribution in [3.05, 3.63) is 53.9 Å². The Morgan fingerprint density at radius 3 is 2.63 bits per heavy atom. The van der Waals surface area contributed by atoms with Crippen molar-refractivity contribution < 1.29 is 19.4 Å². The summed E-state index contributed by atoms with van der Waals surface area (Å²) in [4.78, 5) is 24.2. The van der Waals surface area contributed by atoms with Crippen molar-refractivity contribution in [3.63, 3.8) is 0 Å². The second kappa shape index (κ2) is 10.6. The van der Waals surface area contributed by atoms with Gasteiger partial charge in [-0.25, -0.2) is 9.97 Å². The monoisotopic (exact) mass is 478 g/mol. The molecule has 0 spiro atoms. The van der Waals surface area contributed by atoms with Gasteiger partial charge in [-0.3, -0.25) is 4.79 Å². The summed E-state index contributed by atoms with van der Waals surface area (Å²) in [5, 5.41) is 16.5. The number of ether oxygens (including phenoxy) is 2. The van der Waals surface area contributed by atoms with Crippen LogP contribution in [0.4, 0.5) is 17.2 Å². The van der Waals surface area contributed by atoms with Gasteiger partial charge in [0.15, 0.2) is 23.0 Å². The number of nitrogens with one attached hydrogen (secondary N) is 2. The summed E-state index contributed by atoms with van der Waals surface area (Å²) >= 11 is 0. The molecule has 10 nitrogen and oxygen atoms in total. The summed E-state index contributed by atoms with van der Waals surface area (Å²) in [6, 6.07) is 11.1. The van der Waals surface area contributed by atoms with E-state index in [-0.39, 0.29) is 11.5 Å². The summed E-state index contributed by atoms with van der Waals surface area (Å²) < 4.78 is 10.9. The van der Waals surface area contributed by atoms with Gasteiger partial charge in [0.05, 0.1) is 43.6 Å². The van der Waals surface area contributed by atoms with Crippen molar-refractivity contribution in [1.82, 2.24) is 15.3 Å². The average molecular weight is 479 g/mol. The molecule has 184 valence electrons. The third-order valence-corrected chi connectivity index (χ3v) is 5.88. The van der Waals surface area contributed by atoms with Crippen molar-refractivity contribution in [2.75, 3.05) is 56.3 Å². The molecule has 1 amide bonds. The fourth-order valence-corrected chi connectivity index (χ4v) is 4.10. The Balaban J connectivity index is 1.67. The molecule has 0 bridgehead atoms. The van der Waals surface area contributed by atoms with Crippen LogP contribution in [0.25, 0.3) is 11.3 Å². The Hall–Kier alpha value is -3.89. The molecule has 2 aromatic carbocycles. The number of carbonyl (C=O) groups is 1. The fourth-order valence-electron chi connectivity index (χ4n) is 4.10. The van der Waals surface area contributed by atoms with Crippen LogP contribution in [0.2, 0.25) is 0 Å². The topological polar surface area (TPSA) is 135 Å². The first-order valence-electron chi connectivity index (χ1n) is 11.4. The quantitative estimate of drug-likeness (QED) is 0.404. The lowest BCUT2D eigenvalue weighted by Crippen LogP contribution is -2.43. The largest absolute Gasteiger partial charge is 0.493 e. The number of nitrogen functional groups attached to an aromatic ring is 1. The first-order chi connectivity index (χ1) is 16.9. The molecule has 0 saturated carbocycles. The molecular weight excluding hydrogens is 448 g/mol. The first kappa shape index (κ1) is 24.2. The van der Waals surface area contributed by atoms with Crippen LogP contribution in [0.3, 0.4) is 0 Å². The molecule has 0 radical (unpaired) electrons. The van der Waals surface area contributed by atoms with E-state index in [2.05, 4.69) is 25.5 Å². The van der Waals surface area contributed by atoms with Crippen LogP contribution in [-0.2, 0) is 0 Å². The van der Waals surface area contributed by atoms with Gasteiger partial charge in [0, 0.05) is 37.3 Å². The molecule has 1 atom stereocenters. The number of para-hydroxylation sites is 2. The molecule has 4 rings (SSSR count). The van der Waals surface area contributed by atoms with Crippen LogP contribution in [0.15, 0.2) is 42.6 Å². The van der Waals surface area contributed by atoms with Gasteiger partial charge < -0.3 is 35.8 Å². The number of rotatable bonds is 7. The molecule has 0 aliphatic carbocycles. The maximum atomic E-state index is 13.2. The van der Waals surface area contributed by atoms with Gasteiger partial charge >= 0.3 is 0 Å². The second-order valence-electron chi connectivity index (χ2n) is 8.17. The highest BCUT2D eigenvalue weighted by Gasteiger charge is 2.21. The lowest BCUT2D eigenvalue weighted by Gasteiger charge is -2.31. The lowest BCUT2D eigenvalue weighted by atomic mass is 10.0. The molecule has 5 N–H and O–H groups in total. The number of hydrogen-bond donors (Lipinski definition) is 4. The van der Waals surface area contributed by atoms with Crippen LogP contribution in [0, 0.1) is 0 Å². The lowest BCUT2D eigenvalue weighted by molar-refractivity contribution is 0.102. The molecule has 1 fully saturated rings. The third kappa shape index (κ3) is 5.13.